The summed E-state index contributed by atoms with van der Waals surface area (Å²) in [6.45, 7) is 6.90. The van der Waals surface area contributed by atoms with Crippen molar-refractivity contribution >= 4 is 16.5 Å². The van der Waals surface area contributed by atoms with E-state index in [4.69, 9.17) is 15.5 Å². The number of ether oxygens (including phenoxy) is 1. The molecule has 18 heavy (non-hydrogen) atoms. The van der Waals surface area contributed by atoms with Crippen LogP contribution in [0.15, 0.2) is 0 Å². The van der Waals surface area contributed by atoms with Crippen molar-refractivity contribution in [2.75, 3.05) is 24.6 Å². The fourth-order valence-electron chi connectivity index (χ4n) is 2.75. The summed E-state index contributed by atoms with van der Waals surface area (Å²) in [5.41, 5.74) is 7.33. The summed E-state index contributed by atoms with van der Waals surface area (Å²) in [4.78, 5) is 8.45. The number of morpholine rings is 1. The number of hydrogen-bond acceptors (Lipinski definition) is 5. The molecule has 100 valence electrons. The third-order valence-corrected chi connectivity index (χ3v) is 4.97. The van der Waals surface area contributed by atoms with Crippen molar-refractivity contribution in [2.45, 2.75) is 44.8 Å². The molecule has 0 saturated carbocycles. The van der Waals surface area contributed by atoms with E-state index in [0.29, 0.717) is 0 Å². The molecule has 3 rings (SSSR count). The Kier molecular flexibility index (Phi) is 3.08. The molecule has 1 aliphatic heterocycles. The fraction of sp³-hybridized carbons (Fsp3) is 0.769. The summed E-state index contributed by atoms with van der Waals surface area (Å²) in [7, 11) is 0. The van der Waals surface area contributed by atoms with Gasteiger partial charge in [-0.15, -0.1) is 0 Å². The van der Waals surface area contributed by atoms with Crippen LogP contribution in [0.2, 0.25) is 0 Å². The van der Waals surface area contributed by atoms with Crippen molar-refractivity contribution in [2.24, 2.45) is 5.73 Å². The molecule has 0 spiro atoms. The van der Waals surface area contributed by atoms with Crippen molar-refractivity contribution in [3.05, 3.63) is 10.6 Å². The summed E-state index contributed by atoms with van der Waals surface area (Å²) in [5.74, 6) is 0. The van der Waals surface area contributed by atoms with Gasteiger partial charge in [-0.2, -0.15) is 0 Å². The summed E-state index contributed by atoms with van der Waals surface area (Å²) < 4.78 is 5.75. The lowest BCUT2D eigenvalue weighted by molar-refractivity contribution is -0.0277. The Labute approximate surface area is 112 Å². The molecule has 1 aliphatic carbocycles. The second-order valence-corrected chi connectivity index (χ2v) is 6.84. The van der Waals surface area contributed by atoms with Crippen LogP contribution in [0.1, 0.15) is 43.3 Å². The average Bonchev–Trinajstić information content (AvgIpc) is 2.73. The van der Waals surface area contributed by atoms with Crippen molar-refractivity contribution in [1.29, 1.82) is 0 Å². The monoisotopic (exact) mass is 267 g/mol. The third kappa shape index (κ3) is 2.27. The largest absolute Gasteiger partial charge is 0.372 e. The molecule has 1 aromatic rings. The minimum absolute atomic E-state index is 0.0768. The highest BCUT2D eigenvalue weighted by molar-refractivity contribution is 7.15. The topological polar surface area (TPSA) is 51.4 Å². The Morgan fingerprint density at radius 1 is 1.50 bits per heavy atom. The zero-order valence-electron chi connectivity index (χ0n) is 11.1. The van der Waals surface area contributed by atoms with E-state index < -0.39 is 0 Å². The first kappa shape index (κ1) is 12.4. The maximum atomic E-state index is 6.17. The average molecular weight is 267 g/mol. The van der Waals surface area contributed by atoms with Crippen molar-refractivity contribution < 1.29 is 4.74 Å². The first-order valence-electron chi connectivity index (χ1n) is 6.69. The lowest BCUT2D eigenvalue weighted by Crippen LogP contribution is -2.48. The van der Waals surface area contributed by atoms with Gasteiger partial charge in [0.1, 0.15) is 0 Å². The first-order valence-corrected chi connectivity index (χ1v) is 7.51. The van der Waals surface area contributed by atoms with Crippen LogP contribution < -0.4 is 10.6 Å². The zero-order chi connectivity index (χ0) is 12.8. The number of aromatic nitrogens is 1. The van der Waals surface area contributed by atoms with Gasteiger partial charge in [-0.05, 0) is 33.1 Å². The van der Waals surface area contributed by atoms with Crippen LogP contribution in [0.5, 0.6) is 0 Å². The molecule has 2 aliphatic rings. The maximum Gasteiger partial charge on any atom is 0.186 e. The second-order valence-electron chi connectivity index (χ2n) is 5.84. The third-order valence-electron chi connectivity index (χ3n) is 3.68. The Bertz CT molecular complexity index is 443. The highest BCUT2D eigenvalue weighted by atomic mass is 32.1. The summed E-state index contributed by atoms with van der Waals surface area (Å²) in [6, 6.07) is 0.203. The van der Waals surface area contributed by atoms with E-state index >= 15 is 0 Å². The van der Waals surface area contributed by atoms with Crippen LogP contribution in [0.3, 0.4) is 0 Å². The molecule has 0 amide bonds. The number of fused-ring (bicyclic) bond motifs is 1. The van der Waals surface area contributed by atoms with Crippen LogP contribution in [0.25, 0.3) is 0 Å². The van der Waals surface area contributed by atoms with E-state index in [-0.39, 0.29) is 11.6 Å². The van der Waals surface area contributed by atoms with E-state index in [9.17, 15) is 0 Å². The van der Waals surface area contributed by atoms with Gasteiger partial charge in [-0.25, -0.2) is 4.98 Å². The molecule has 1 atom stereocenters. The number of anilines is 1. The highest BCUT2D eigenvalue weighted by Crippen LogP contribution is 2.37. The van der Waals surface area contributed by atoms with Gasteiger partial charge in [0, 0.05) is 24.0 Å². The molecule has 1 fully saturated rings. The molecule has 0 bridgehead atoms. The van der Waals surface area contributed by atoms with Crippen LogP contribution in [-0.4, -0.2) is 30.3 Å². The molecule has 2 heterocycles. The summed E-state index contributed by atoms with van der Waals surface area (Å²) in [6.07, 6.45) is 3.36. The Balaban J connectivity index is 1.84. The molecule has 1 aromatic heterocycles. The van der Waals surface area contributed by atoms with Gasteiger partial charge >= 0.3 is 0 Å². The van der Waals surface area contributed by atoms with Crippen molar-refractivity contribution in [1.82, 2.24) is 4.98 Å². The van der Waals surface area contributed by atoms with Gasteiger partial charge in [0.05, 0.1) is 17.9 Å². The van der Waals surface area contributed by atoms with E-state index in [0.717, 1.165) is 37.7 Å². The van der Waals surface area contributed by atoms with Crippen LogP contribution >= 0.6 is 11.3 Å². The number of thiazole rings is 1. The predicted octanol–water partition coefficient (Wildman–Crippen LogP) is 2.09. The fourth-order valence-corrected chi connectivity index (χ4v) is 3.93. The highest BCUT2D eigenvalue weighted by Gasteiger charge is 2.30. The van der Waals surface area contributed by atoms with E-state index in [1.54, 1.807) is 11.3 Å². The Morgan fingerprint density at radius 2 is 2.33 bits per heavy atom. The molecule has 1 saturated heterocycles. The van der Waals surface area contributed by atoms with Gasteiger partial charge in [-0.1, -0.05) is 11.3 Å². The quantitative estimate of drug-likeness (QED) is 0.846. The van der Waals surface area contributed by atoms with Crippen LogP contribution in [0, 0.1) is 0 Å². The van der Waals surface area contributed by atoms with Crippen molar-refractivity contribution in [3.63, 3.8) is 0 Å². The minimum atomic E-state index is -0.0768. The number of nitrogens with zero attached hydrogens (tertiary/aromatic N) is 2. The number of aryl methyl sites for hydroxylation is 1. The molecule has 1 unspecified atom stereocenters. The van der Waals surface area contributed by atoms with Gasteiger partial charge in [0.2, 0.25) is 0 Å². The Morgan fingerprint density at radius 3 is 3.06 bits per heavy atom. The molecule has 4 nitrogen and oxygen atoms in total. The minimum Gasteiger partial charge on any atom is -0.372 e. The standard InChI is InChI=1S/C13H21N3OS/c1-13(2)8-16(6-7-17-13)12-15-10-5-3-4-9(14)11(10)18-12/h9H,3-8,14H2,1-2H3. The normalized spacial score (nSPS) is 27.1. The second kappa shape index (κ2) is 4.47. The van der Waals surface area contributed by atoms with E-state index in [1.807, 2.05) is 0 Å². The van der Waals surface area contributed by atoms with Gasteiger partial charge < -0.3 is 15.4 Å². The molecule has 0 radical (unpaired) electrons. The SMILES string of the molecule is CC1(C)CN(c2nc3c(s2)C(N)CCC3)CCO1. The smallest absolute Gasteiger partial charge is 0.186 e. The summed E-state index contributed by atoms with van der Waals surface area (Å²) >= 11 is 1.78. The predicted molar refractivity (Wildman–Crippen MR) is 74.2 cm³/mol. The van der Waals surface area contributed by atoms with Crippen LogP contribution in [0.4, 0.5) is 5.13 Å². The Hall–Kier alpha value is -0.650. The number of rotatable bonds is 1. The first-order chi connectivity index (χ1) is 8.55. The number of hydrogen-bond donors (Lipinski definition) is 1. The van der Waals surface area contributed by atoms with Gasteiger partial charge in [-0.3, -0.25) is 0 Å². The van der Waals surface area contributed by atoms with Crippen molar-refractivity contribution in [3.8, 4) is 0 Å². The summed E-state index contributed by atoms with van der Waals surface area (Å²) in [5, 5.41) is 1.13. The number of nitrogens with two attached hydrogens (primary N) is 1. The lowest BCUT2D eigenvalue weighted by Gasteiger charge is -2.38. The van der Waals surface area contributed by atoms with Gasteiger partial charge in [0.25, 0.3) is 0 Å². The lowest BCUT2D eigenvalue weighted by atomic mass is 9.99. The van der Waals surface area contributed by atoms with E-state index in [2.05, 4.69) is 18.7 Å². The van der Waals surface area contributed by atoms with E-state index in [1.165, 1.54) is 17.0 Å². The molecule has 2 N–H and O–H groups in total. The zero-order valence-corrected chi connectivity index (χ0v) is 11.9. The molecular formula is C13H21N3OS. The molecular weight excluding hydrogens is 246 g/mol. The van der Waals surface area contributed by atoms with Gasteiger partial charge in [0.15, 0.2) is 5.13 Å². The van der Waals surface area contributed by atoms with Crippen LogP contribution in [-0.2, 0) is 11.2 Å². The molecule has 5 heteroatoms. The molecule has 0 aromatic carbocycles. The maximum absolute atomic E-state index is 6.17.